The minimum Gasteiger partial charge on any atom is -0.465 e. The molecule has 0 aliphatic carbocycles. The lowest BCUT2D eigenvalue weighted by atomic mass is 10.2. The van der Waals surface area contributed by atoms with E-state index in [9.17, 15) is 17.6 Å². The van der Waals surface area contributed by atoms with E-state index in [1.54, 1.807) is 13.8 Å². The van der Waals surface area contributed by atoms with E-state index >= 15 is 0 Å². The van der Waals surface area contributed by atoms with Crippen LogP contribution >= 0.6 is 0 Å². The zero-order valence-corrected chi connectivity index (χ0v) is 14.1. The topological polar surface area (TPSA) is 66.9 Å². The van der Waals surface area contributed by atoms with Crippen LogP contribution in [0.5, 0.6) is 0 Å². The Morgan fingerprint density at radius 1 is 1.22 bits per heavy atom. The highest BCUT2D eigenvalue weighted by Crippen LogP contribution is 2.19. The molecule has 1 aromatic carbocycles. The first-order valence-corrected chi connectivity index (χ1v) is 8.96. The molecule has 1 saturated heterocycles. The molecule has 1 aliphatic rings. The van der Waals surface area contributed by atoms with Crippen LogP contribution in [-0.2, 0) is 19.6 Å². The van der Waals surface area contributed by atoms with Crippen LogP contribution in [0.2, 0.25) is 0 Å². The number of nitrogens with zero attached hydrogens (tertiary/aromatic N) is 2. The SMILES string of the molecule is CCOC(=O)C(C)N1CCN(S(=O)(=O)c2ccc(F)cc2)CC1. The Labute approximate surface area is 135 Å². The average Bonchev–Trinajstić information content (AvgIpc) is 2.55. The molecule has 2 rings (SSSR count). The Hall–Kier alpha value is -1.51. The van der Waals surface area contributed by atoms with Crippen LogP contribution in [0.4, 0.5) is 4.39 Å². The molecule has 8 heteroatoms. The van der Waals surface area contributed by atoms with E-state index in [2.05, 4.69) is 0 Å². The summed E-state index contributed by atoms with van der Waals surface area (Å²) in [5.41, 5.74) is 0. The lowest BCUT2D eigenvalue weighted by Gasteiger charge is -2.36. The van der Waals surface area contributed by atoms with Gasteiger partial charge in [-0.2, -0.15) is 4.31 Å². The predicted octanol–water partition coefficient (Wildman–Crippen LogP) is 1.08. The van der Waals surface area contributed by atoms with E-state index < -0.39 is 21.9 Å². The molecule has 1 aliphatic heterocycles. The fourth-order valence-corrected chi connectivity index (χ4v) is 3.92. The Balaban J connectivity index is 2.01. The van der Waals surface area contributed by atoms with Gasteiger partial charge >= 0.3 is 5.97 Å². The van der Waals surface area contributed by atoms with Gasteiger partial charge in [-0.3, -0.25) is 9.69 Å². The quantitative estimate of drug-likeness (QED) is 0.748. The molecule has 0 amide bonds. The minimum absolute atomic E-state index is 0.0748. The molecule has 1 heterocycles. The van der Waals surface area contributed by atoms with E-state index in [0.29, 0.717) is 19.7 Å². The molecular weight excluding hydrogens is 323 g/mol. The number of piperazine rings is 1. The molecule has 6 nitrogen and oxygen atoms in total. The van der Waals surface area contributed by atoms with Crippen molar-refractivity contribution in [1.82, 2.24) is 9.21 Å². The van der Waals surface area contributed by atoms with Gasteiger partial charge in [-0.15, -0.1) is 0 Å². The normalized spacial score (nSPS) is 18.6. The van der Waals surface area contributed by atoms with Crippen LogP contribution in [0.3, 0.4) is 0 Å². The van der Waals surface area contributed by atoms with E-state index in [1.807, 2.05) is 4.90 Å². The second-order valence-electron chi connectivity index (χ2n) is 5.32. The fourth-order valence-electron chi connectivity index (χ4n) is 2.50. The highest BCUT2D eigenvalue weighted by molar-refractivity contribution is 7.89. The summed E-state index contributed by atoms with van der Waals surface area (Å²) in [6.07, 6.45) is 0. The van der Waals surface area contributed by atoms with E-state index in [1.165, 1.54) is 16.4 Å². The number of esters is 1. The minimum atomic E-state index is -3.63. The number of ether oxygens (including phenoxy) is 1. The second kappa shape index (κ2) is 7.37. The van der Waals surface area contributed by atoms with E-state index in [-0.39, 0.29) is 24.0 Å². The number of sulfonamides is 1. The molecule has 1 fully saturated rings. The highest BCUT2D eigenvalue weighted by Gasteiger charge is 2.32. The molecule has 1 atom stereocenters. The largest absolute Gasteiger partial charge is 0.465 e. The second-order valence-corrected chi connectivity index (χ2v) is 7.26. The average molecular weight is 344 g/mol. The lowest BCUT2D eigenvalue weighted by molar-refractivity contribution is -0.149. The van der Waals surface area contributed by atoms with Gasteiger partial charge in [0.1, 0.15) is 11.9 Å². The number of halogens is 1. The zero-order valence-electron chi connectivity index (χ0n) is 13.2. The molecule has 0 N–H and O–H groups in total. The van der Waals surface area contributed by atoms with Crippen molar-refractivity contribution in [2.24, 2.45) is 0 Å². The molecule has 128 valence electrons. The number of carbonyl (C=O) groups is 1. The molecule has 0 saturated carbocycles. The molecule has 0 spiro atoms. The lowest BCUT2D eigenvalue weighted by Crippen LogP contribution is -2.53. The van der Waals surface area contributed by atoms with Crippen molar-refractivity contribution in [2.75, 3.05) is 32.8 Å². The molecule has 1 aromatic rings. The molecule has 0 radical (unpaired) electrons. The summed E-state index contributed by atoms with van der Waals surface area (Å²) >= 11 is 0. The van der Waals surface area contributed by atoms with E-state index in [0.717, 1.165) is 12.1 Å². The van der Waals surface area contributed by atoms with Crippen LogP contribution < -0.4 is 0 Å². The van der Waals surface area contributed by atoms with Gasteiger partial charge in [0.15, 0.2) is 0 Å². The maximum Gasteiger partial charge on any atom is 0.323 e. The van der Waals surface area contributed by atoms with Crippen LogP contribution in [0.25, 0.3) is 0 Å². The number of rotatable bonds is 5. The first-order chi connectivity index (χ1) is 10.9. The van der Waals surface area contributed by atoms with Crippen molar-refractivity contribution in [3.8, 4) is 0 Å². The summed E-state index contributed by atoms with van der Waals surface area (Å²) in [5.74, 6) is -0.778. The number of hydrogen-bond donors (Lipinski definition) is 0. The van der Waals surface area contributed by atoms with Crippen molar-refractivity contribution in [1.29, 1.82) is 0 Å². The van der Waals surface area contributed by atoms with Gasteiger partial charge in [0.25, 0.3) is 0 Å². The maximum absolute atomic E-state index is 12.9. The standard InChI is InChI=1S/C15H21FN2O4S/c1-3-22-15(19)12(2)17-8-10-18(11-9-17)23(20,21)14-6-4-13(16)5-7-14/h4-7,12H,3,8-11H2,1-2H3. The number of hydrogen-bond acceptors (Lipinski definition) is 5. The smallest absolute Gasteiger partial charge is 0.323 e. The molecule has 0 aromatic heterocycles. The molecule has 0 bridgehead atoms. The number of carbonyl (C=O) groups excluding carboxylic acids is 1. The summed E-state index contributed by atoms with van der Waals surface area (Å²) in [4.78, 5) is 13.7. The Kier molecular flexibility index (Phi) is 5.72. The van der Waals surface area contributed by atoms with Crippen LogP contribution in [0, 0.1) is 5.82 Å². The zero-order chi connectivity index (χ0) is 17.0. The van der Waals surface area contributed by atoms with Gasteiger partial charge in [-0.1, -0.05) is 0 Å². The van der Waals surface area contributed by atoms with Crippen molar-refractivity contribution in [2.45, 2.75) is 24.8 Å². The maximum atomic E-state index is 12.9. The third kappa shape index (κ3) is 4.07. The van der Waals surface area contributed by atoms with Gasteiger partial charge in [0.2, 0.25) is 10.0 Å². The van der Waals surface area contributed by atoms with Crippen molar-refractivity contribution >= 4 is 16.0 Å². The highest BCUT2D eigenvalue weighted by atomic mass is 32.2. The van der Waals surface area contributed by atoms with Crippen molar-refractivity contribution in [3.63, 3.8) is 0 Å². The predicted molar refractivity (Wildman–Crippen MR) is 82.8 cm³/mol. The van der Waals surface area contributed by atoms with E-state index in [4.69, 9.17) is 4.74 Å². The molecular formula is C15H21FN2O4S. The monoisotopic (exact) mass is 344 g/mol. The van der Waals surface area contributed by atoms with Crippen molar-refractivity contribution < 1.29 is 22.3 Å². The fraction of sp³-hybridized carbons (Fsp3) is 0.533. The first kappa shape index (κ1) is 17.8. The Morgan fingerprint density at radius 2 is 1.78 bits per heavy atom. The third-order valence-corrected chi connectivity index (χ3v) is 5.81. The Morgan fingerprint density at radius 3 is 2.30 bits per heavy atom. The van der Waals surface area contributed by atoms with Gasteiger partial charge < -0.3 is 4.74 Å². The first-order valence-electron chi connectivity index (χ1n) is 7.52. The summed E-state index contributed by atoms with van der Waals surface area (Å²) < 4.78 is 44.3. The molecule has 23 heavy (non-hydrogen) atoms. The van der Waals surface area contributed by atoms with Crippen molar-refractivity contribution in [3.05, 3.63) is 30.1 Å². The van der Waals surface area contributed by atoms with Gasteiger partial charge in [0.05, 0.1) is 11.5 Å². The summed E-state index contributed by atoms with van der Waals surface area (Å²) in [6, 6.07) is 4.39. The summed E-state index contributed by atoms with van der Waals surface area (Å²) in [5, 5.41) is 0. The van der Waals surface area contributed by atoms with Crippen LogP contribution in [-0.4, -0.2) is 62.4 Å². The third-order valence-electron chi connectivity index (χ3n) is 3.90. The van der Waals surface area contributed by atoms with Crippen LogP contribution in [0.15, 0.2) is 29.2 Å². The number of benzene rings is 1. The van der Waals surface area contributed by atoms with Gasteiger partial charge in [-0.25, -0.2) is 12.8 Å². The van der Waals surface area contributed by atoms with Crippen LogP contribution in [0.1, 0.15) is 13.8 Å². The summed E-state index contributed by atoms with van der Waals surface area (Å²) in [7, 11) is -3.63. The summed E-state index contributed by atoms with van der Waals surface area (Å²) in [6.45, 7) is 5.27. The van der Waals surface area contributed by atoms with Gasteiger partial charge in [0, 0.05) is 26.2 Å². The molecule has 1 unspecified atom stereocenters. The van der Waals surface area contributed by atoms with Gasteiger partial charge in [-0.05, 0) is 38.1 Å². The Bertz CT molecular complexity index is 640.